The Labute approximate surface area is 198 Å². The molecule has 1 N–H and O–H groups in total. The van der Waals surface area contributed by atoms with Crippen molar-refractivity contribution < 1.29 is 14.3 Å². The second-order valence-corrected chi connectivity index (χ2v) is 8.74. The van der Waals surface area contributed by atoms with Crippen LogP contribution in [0.5, 0.6) is 0 Å². The third kappa shape index (κ3) is 5.44. The summed E-state index contributed by atoms with van der Waals surface area (Å²) in [6.07, 6.45) is 0. The van der Waals surface area contributed by atoms with E-state index in [-0.39, 0.29) is 12.5 Å². The largest absolute Gasteiger partial charge is 0.462 e. The molecular weight excluding hydrogens is 460 g/mol. The molecule has 0 radical (unpaired) electrons. The van der Waals surface area contributed by atoms with Crippen molar-refractivity contribution >= 4 is 40.1 Å². The summed E-state index contributed by atoms with van der Waals surface area (Å²) >= 11 is 2.61. The van der Waals surface area contributed by atoms with Gasteiger partial charge in [-0.05, 0) is 54.1 Å². The number of thiazole rings is 1. The number of hydrogen-bond acceptors (Lipinski definition) is 9. The first-order valence-electron chi connectivity index (χ1n) is 10.1. The van der Waals surface area contributed by atoms with E-state index < -0.39 is 5.97 Å². The zero-order valence-corrected chi connectivity index (χ0v) is 19.5. The first-order valence-corrected chi connectivity index (χ1v) is 11.9. The van der Waals surface area contributed by atoms with E-state index >= 15 is 0 Å². The highest BCUT2D eigenvalue weighted by atomic mass is 32.2. The van der Waals surface area contributed by atoms with Crippen molar-refractivity contribution in [1.29, 1.82) is 0 Å². The van der Waals surface area contributed by atoms with Crippen LogP contribution >= 0.6 is 23.1 Å². The predicted octanol–water partition coefficient (Wildman–Crippen LogP) is 4.15. The number of nitrogens with zero attached hydrogens (tertiary/aromatic N) is 5. The fraction of sp³-hybridized carbons (Fsp3) is 0.182. The van der Waals surface area contributed by atoms with Gasteiger partial charge in [-0.2, -0.15) is 4.68 Å². The molecule has 1 amide bonds. The number of rotatable bonds is 8. The second kappa shape index (κ2) is 10.4. The Morgan fingerprint density at radius 2 is 1.88 bits per heavy atom. The monoisotopic (exact) mass is 480 g/mol. The molecule has 0 aliphatic heterocycles. The van der Waals surface area contributed by atoms with Gasteiger partial charge in [-0.15, -0.1) is 5.10 Å². The molecule has 0 unspecified atom stereocenters. The van der Waals surface area contributed by atoms with E-state index in [2.05, 4.69) is 25.8 Å². The molecule has 9 nitrogen and oxygen atoms in total. The molecular formula is C22H20N6O3S2. The van der Waals surface area contributed by atoms with E-state index in [4.69, 9.17) is 4.74 Å². The van der Waals surface area contributed by atoms with Crippen LogP contribution in [0.15, 0.2) is 59.8 Å². The molecule has 0 fully saturated rings. The van der Waals surface area contributed by atoms with E-state index in [1.807, 2.05) is 30.3 Å². The number of carbonyl (C=O) groups is 2. The lowest BCUT2D eigenvalue weighted by molar-refractivity contribution is 0.0531. The van der Waals surface area contributed by atoms with Gasteiger partial charge in [0.25, 0.3) is 5.91 Å². The molecule has 2 aromatic carbocycles. The number of carbonyl (C=O) groups excluding carboxylic acids is 2. The van der Waals surface area contributed by atoms with Crippen LogP contribution in [0.4, 0.5) is 5.13 Å². The lowest BCUT2D eigenvalue weighted by Gasteiger charge is -2.06. The van der Waals surface area contributed by atoms with Crippen molar-refractivity contribution in [1.82, 2.24) is 25.2 Å². The summed E-state index contributed by atoms with van der Waals surface area (Å²) in [5.41, 5.74) is 2.87. The number of aromatic nitrogens is 5. The van der Waals surface area contributed by atoms with Crippen LogP contribution in [0.1, 0.15) is 38.2 Å². The molecule has 4 aromatic rings. The number of hydrogen-bond donors (Lipinski definition) is 1. The highest BCUT2D eigenvalue weighted by molar-refractivity contribution is 7.98. The summed E-state index contributed by atoms with van der Waals surface area (Å²) in [7, 11) is 0. The normalized spacial score (nSPS) is 10.7. The summed E-state index contributed by atoms with van der Waals surface area (Å²) in [5, 5.41) is 15.7. The third-order valence-corrected chi connectivity index (χ3v) is 6.55. The zero-order chi connectivity index (χ0) is 23.2. The molecule has 0 atom stereocenters. The first-order chi connectivity index (χ1) is 16.0. The molecule has 33 heavy (non-hydrogen) atoms. The van der Waals surface area contributed by atoms with Gasteiger partial charge >= 0.3 is 5.97 Å². The highest BCUT2D eigenvalue weighted by Gasteiger charge is 2.18. The average molecular weight is 481 g/mol. The van der Waals surface area contributed by atoms with Gasteiger partial charge in [0.1, 0.15) is 4.88 Å². The number of esters is 1. The number of amides is 1. The van der Waals surface area contributed by atoms with Crippen molar-refractivity contribution in [3.05, 3.63) is 76.3 Å². The summed E-state index contributed by atoms with van der Waals surface area (Å²) < 4.78 is 6.64. The summed E-state index contributed by atoms with van der Waals surface area (Å²) in [5.74, 6) is -0.0382. The number of ether oxygens (including phenoxy) is 1. The van der Waals surface area contributed by atoms with Gasteiger partial charge in [-0.25, -0.2) is 9.78 Å². The van der Waals surface area contributed by atoms with Crippen LogP contribution in [0.2, 0.25) is 0 Å². The Hall–Kier alpha value is -3.57. The van der Waals surface area contributed by atoms with Crippen LogP contribution in [-0.4, -0.2) is 43.7 Å². The van der Waals surface area contributed by atoms with Crippen LogP contribution in [0.3, 0.4) is 0 Å². The van der Waals surface area contributed by atoms with E-state index in [1.165, 1.54) is 17.3 Å². The molecule has 0 spiro atoms. The molecule has 0 saturated carbocycles. The van der Waals surface area contributed by atoms with Crippen molar-refractivity contribution in [2.45, 2.75) is 24.8 Å². The molecule has 0 aliphatic carbocycles. The summed E-state index contributed by atoms with van der Waals surface area (Å²) in [6, 6.07) is 17.0. The molecule has 0 aliphatic rings. The maximum atomic E-state index is 12.6. The minimum atomic E-state index is -0.445. The fourth-order valence-electron chi connectivity index (χ4n) is 2.91. The maximum Gasteiger partial charge on any atom is 0.350 e. The molecule has 4 rings (SSSR count). The Bertz CT molecular complexity index is 1250. The second-order valence-electron chi connectivity index (χ2n) is 6.80. The van der Waals surface area contributed by atoms with Gasteiger partial charge in [-0.1, -0.05) is 53.4 Å². The molecule has 0 saturated heterocycles. The lowest BCUT2D eigenvalue weighted by atomic mass is 10.2. The van der Waals surface area contributed by atoms with E-state index in [1.54, 1.807) is 42.8 Å². The van der Waals surface area contributed by atoms with E-state index in [0.717, 1.165) is 22.8 Å². The van der Waals surface area contributed by atoms with Crippen LogP contribution in [0, 0.1) is 6.92 Å². The highest BCUT2D eigenvalue weighted by Crippen LogP contribution is 2.25. The van der Waals surface area contributed by atoms with Crippen LogP contribution in [-0.2, 0) is 10.5 Å². The Morgan fingerprint density at radius 3 is 2.61 bits per heavy atom. The Balaban J connectivity index is 1.43. The van der Waals surface area contributed by atoms with Gasteiger partial charge in [-0.3, -0.25) is 10.1 Å². The third-order valence-electron chi connectivity index (χ3n) is 4.50. The quantitative estimate of drug-likeness (QED) is 0.296. The van der Waals surface area contributed by atoms with E-state index in [0.29, 0.717) is 26.4 Å². The minimum absolute atomic E-state index is 0.276. The van der Waals surface area contributed by atoms with Gasteiger partial charge in [0.15, 0.2) is 5.13 Å². The van der Waals surface area contributed by atoms with E-state index in [9.17, 15) is 9.59 Å². The van der Waals surface area contributed by atoms with Crippen LogP contribution < -0.4 is 5.32 Å². The van der Waals surface area contributed by atoms with Crippen molar-refractivity contribution in [2.24, 2.45) is 0 Å². The minimum Gasteiger partial charge on any atom is -0.462 e. The Morgan fingerprint density at radius 1 is 1.12 bits per heavy atom. The number of aryl methyl sites for hydroxylation is 1. The zero-order valence-electron chi connectivity index (χ0n) is 17.9. The smallest absolute Gasteiger partial charge is 0.350 e. The van der Waals surface area contributed by atoms with Gasteiger partial charge < -0.3 is 4.74 Å². The van der Waals surface area contributed by atoms with Crippen molar-refractivity contribution in [3.63, 3.8) is 0 Å². The number of benzene rings is 2. The maximum absolute atomic E-state index is 12.6. The summed E-state index contributed by atoms with van der Waals surface area (Å²) in [6.45, 7) is 3.71. The lowest BCUT2D eigenvalue weighted by Crippen LogP contribution is -2.12. The number of tetrazole rings is 1. The molecule has 11 heteroatoms. The van der Waals surface area contributed by atoms with Crippen molar-refractivity contribution in [2.75, 3.05) is 11.9 Å². The number of thioether (sulfide) groups is 1. The number of anilines is 1. The van der Waals surface area contributed by atoms with Gasteiger partial charge in [0.05, 0.1) is 18.0 Å². The standard InChI is InChI=1S/C22H20N6O3S2/c1-3-31-20(30)18-14(2)23-21(33-18)24-19(29)16-9-11-17(12-10-16)28-22(25-26-27-28)32-13-15-7-5-4-6-8-15/h4-12H,3,13H2,1-2H3,(H,23,24,29). The number of nitrogens with one attached hydrogen (secondary N) is 1. The average Bonchev–Trinajstić information content (AvgIpc) is 3.45. The Kier molecular flexibility index (Phi) is 7.10. The summed E-state index contributed by atoms with van der Waals surface area (Å²) in [4.78, 5) is 29.2. The van der Waals surface area contributed by atoms with Crippen molar-refractivity contribution in [3.8, 4) is 5.69 Å². The molecule has 168 valence electrons. The molecule has 2 aromatic heterocycles. The predicted molar refractivity (Wildman–Crippen MR) is 126 cm³/mol. The SMILES string of the molecule is CCOC(=O)c1sc(NC(=O)c2ccc(-n3nnnc3SCc3ccccc3)cc2)nc1C. The van der Waals surface area contributed by atoms with Gasteiger partial charge in [0.2, 0.25) is 5.16 Å². The topological polar surface area (TPSA) is 112 Å². The first kappa shape index (κ1) is 22.6. The van der Waals surface area contributed by atoms with Crippen LogP contribution in [0.25, 0.3) is 5.69 Å². The molecule has 0 bridgehead atoms. The van der Waals surface area contributed by atoms with Gasteiger partial charge in [0, 0.05) is 11.3 Å². The fourth-order valence-corrected chi connectivity index (χ4v) is 4.61. The molecule has 2 heterocycles.